The SMILES string of the molecule is CCCNS(=O)(=O)c1cccc(C(=O)Nc2cc(Cl)cc(Cl)c2)c1. The van der Waals surface area contributed by atoms with Gasteiger partial charge in [-0.3, -0.25) is 4.79 Å². The summed E-state index contributed by atoms with van der Waals surface area (Å²) in [5, 5.41) is 3.41. The Bertz CT molecular complexity index is 834. The predicted octanol–water partition coefficient (Wildman–Crippen LogP) is 3.93. The van der Waals surface area contributed by atoms with E-state index in [4.69, 9.17) is 23.2 Å². The zero-order valence-corrected chi connectivity index (χ0v) is 15.2. The van der Waals surface area contributed by atoms with E-state index >= 15 is 0 Å². The maximum absolute atomic E-state index is 12.3. The van der Waals surface area contributed by atoms with Crippen LogP contribution in [0.25, 0.3) is 0 Å². The van der Waals surface area contributed by atoms with Gasteiger partial charge in [0.15, 0.2) is 0 Å². The molecule has 2 aromatic rings. The molecule has 5 nitrogen and oxygen atoms in total. The van der Waals surface area contributed by atoms with E-state index < -0.39 is 15.9 Å². The Morgan fingerprint density at radius 1 is 1.08 bits per heavy atom. The number of hydrogen-bond donors (Lipinski definition) is 2. The number of anilines is 1. The summed E-state index contributed by atoms with van der Waals surface area (Å²) in [6, 6.07) is 10.4. The van der Waals surface area contributed by atoms with Crippen molar-refractivity contribution in [2.75, 3.05) is 11.9 Å². The summed E-state index contributed by atoms with van der Waals surface area (Å²) in [6.45, 7) is 2.20. The van der Waals surface area contributed by atoms with Crippen LogP contribution in [0.3, 0.4) is 0 Å². The van der Waals surface area contributed by atoms with Crippen LogP contribution in [0.2, 0.25) is 10.0 Å². The van der Waals surface area contributed by atoms with Crippen LogP contribution in [-0.2, 0) is 10.0 Å². The van der Waals surface area contributed by atoms with Crippen molar-refractivity contribution in [2.24, 2.45) is 0 Å². The second-order valence-corrected chi connectivity index (χ2v) is 7.68. The zero-order valence-electron chi connectivity index (χ0n) is 12.8. The second kappa shape index (κ2) is 7.98. The Morgan fingerprint density at radius 2 is 1.75 bits per heavy atom. The van der Waals surface area contributed by atoms with E-state index in [-0.39, 0.29) is 10.5 Å². The van der Waals surface area contributed by atoms with Gasteiger partial charge in [0.25, 0.3) is 5.91 Å². The number of sulfonamides is 1. The molecule has 0 fully saturated rings. The molecule has 0 saturated carbocycles. The molecule has 8 heteroatoms. The van der Waals surface area contributed by atoms with Gasteiger partial charge in [0, 0.05) is 27.8 Å². The largest absolute Gasteiger partial charge is 0.322 e. The van der Waals surface area contributed by atoms with Crippen LogP contribution in [0.5, 0.6) is 0 Å². The van der Waals surface area contributed by atoms with Gasteiger partial charge in [-0.2, -0.15) is 0 Å². The first-order valence-corrected chi connectivity index (χ1v) is 9.43. The van der Waals surface area contributed by atoms with Crippen molar-refractivity contribution < 1.29 is 13.2 Å². The lowest BCUT2D eigenvalue weighted by Gasteiger charge is -2.09. The average molecular weight is 387 g/mol. The van der Waals surface area contributed by atoms with Crippen LogP contribution in [0.15, 0.2) is 47.4 Å². The van der Waals surface area contributed by atoms with Gasteiger partial charge in [0.1, 0.15) is 0 Å². The number of rotatable bonds is 6. The maximum atomic E-state index is 12.3. The molecule has 2 rings (SSSR count). The fraction of sp³-hybridized carbons (Fsp3) is 0.188. The van der Waals surface area contributed by atoms with Gasteiger partial charge < -0.3 is 5.32 Å². The summed E-state index contributed by atoms with van der Waals surface area (Å²) >= 11 is 11.8. The molecule has 0 radical (unpaired) electrons. The lowest BCUT2D eigenvalue weighted by atomic mass is 10.2. The molecule has 0 saturated heterocycles. The van der Waals surface area contributed by atoms with Gasteiger partial charge in [-0.1, -0.05) is 36.2 Å². The van der Waals surface area contributed by atoms with Gasteiger partial charge in [0.05, 0.1) is 4.90 Å². The lowest BCUT2D eigenvalue weighted by Crippen LogP contribution is -2.24. The first kappa shape index (κ1) is 18.7. The topological polar surface area (TPSA) is 75.3 Å². The molecule has 0 atom stereocenters. The molecule has 2 N–H and O–H groups in total. The number of amides is 1. The second-order valence-electron chi connectivity index (χ2n) is 5.04. The van der Waals surface area contributed by atoms with E-state index in [1.54, 1.807) is 18.2 Å². The fourth-order valence-corrected chi connectivity index (χ4v) is 3.66. The molecular formula is C16H16Cl2N2O3S. The molecule has 0 aliphatic rings. The van der Waals surface area contributed by atoms with Crippen LogP contribution >= 0.6 is 23.2 Å². The molecule has 0 aromatic heterocycles. The predicted molar refractivity (Wildman–Crippen MR) is 96.3 cm³/mol. The van der Waals surface area contributed by atoms with Crippen molar-refractivity contribution in [3.8, 4) is 0 Å². The fourth-order valence-electron chi connectivity index (χ4n) is 1.95. The first-order valence-electron chi connectivity index (χ1n) is 7.19. The van der Waals surface area contributed by atoms with E-state index in [9.17, 15) is 13.2 Å². The van der Waals surface area contributed by atoms with Crippen LogP contribution in [0.4, 0.5) is 5.69 Å². The highest BCUT2D eigenvalue weighted by Crippen LogP contribution is 2.23. The van der Waals surface area contributed by atoms with Crippen molar-refractivity contribution in [3.63, 3.8) is 0 Å². The van der Waals surface area contributed by atoms with Crippen LogP contribution in [0, 0.1) is 0 Å². The van der Waals surface area contributed by atoms with Gasteiger partial charge in [-0.05, 0) is 42.8 Å². The minimum Gasteiger partial charge on any atom is -0.322 e. The van der Waals surface area contributed by atoms with Crippen LogP contribution in [-0.4, -0.2) is 20.9 Å². The molecule has 0 bridgehead atoms. The minimum atomic E-state index is -3.64. The maximum Gasteiger partial charge on any atom is 0.255 e. The Balaban J connectivity index is 2.23. The summed E-state index contributed by atoms with van der Waals surface area (Å²) < 4.78 is 26.7. The zero-order chi connectivity index (χ0) is 17.7. The highest BCUT2D eigenvalue weighted by Gasteiger charge is 2.16. The monoisotopic (exact) mass is 386 g/mol. The van der Waals surface area contributed by atoms with E-state index in [0.29, 0.717) is 28.7 Å². The lowest BCUT2D eigenvalue weighted by molar-refractivity contribution is 0.102. The summed E-state index contributed by atoms with van der Waals surface area (Å²) in [5.74, 6) is -0.458. The van der Waals surface area contributed by atoms with Crippen molar-refractivity contribution in [3.05, 3.63) is 58.1 Å². The summed E-state index contributed by atoms with van der Waals surface area (Å²) in [4.78, 5) is 12.4. The highest BCUT2D eigenvalue weighted by molar-refractivity contribution is 7.89. The number of hydrogen-bond acceptors (Lipinski definition) is 3. The summed E-state index contributed by atoms with van der Waals surface area (Å²) in [7, 11) is -3.64. The smallest absolute Gasteiger partial charge is 0.255 e. The van der Waals surface area contributed by atoms with Crippen LogP contribution < -0.4 is 10.0 Å². The van der Waals surface area contributed by atoms with Crippen molar-refractivity contribution >= 4 is 44.8 Å². The molecule has 0 aliphatic heterocycles. The van der Waals surface area contributed by atoms with E-state index in [1.807, 2.05) is 6.92 Å². The number of nitrogens with one attached hydrogen (secondary N) is 2. The summed E-state index contributed by atoms with van der Waals surface area (Å²) in [6.07, 6.45) is 0.676. The first-order chi connectivity index (χ1) is 11.3. The van der Waals surface area contributed by atoms with Crippen molar-refractivity contribution in [1.29, 1.82) is 0 Å². The van der Waals surface area contributed by atoms with Gasteiger partial charge in [-0.25, -0.2) is 13.1 Å². The Morgan fingerprint density at radius 3 is 2.38 bits per heavy atom. The van der Waals surface area contributed by atoms with E-state index in [1.165, 1.54) is 24.3 Å². The molecule has 0 heterocycles. The third-order valence-corrected chi connectivity index (χ3v) is 4.96. The molecular weight excluding hydrogens is 371 g/mol. The third kappa shape index (κ3) is 4.95. The molecule has 0 spiro atoms. The minimum absolute atomic E-state index is 0.0349. The Kier molecular flexibility index (Phi) is 6.23. The molecule has 0 unspecified atom stereocenters. The van der Waals surface area contributed by atoms with E-state index in [2.05, 4.69) is 10.0 Å². The number of benzene rings is 2. The van der Waals surface area contributed by atoms with Crippen molar-refractivity contribution in [1.82, 2.24) is 4.72 Å². The number of carbonyl (C=O) groups is 1. The Labute approximate surface area is 151 Å². The third-order valence-electron chi connectivity index (χ3n) is 3.07. The summed E-state index contributed by atoms with van der Waals surface area (Å²) in [5.41, 5.74) is 0.639. The van der Waals surface area contributed by atoms with Crippen LogP contribution in [0.1, 0.15) is 23.7 Å². The quantitative estimate of drug-likeness (QED) is 0.789. The Hall–Kier alpha value is -1.60. The van der Waals surface area contributed by atoms with Gasteiger partial charge >= 0.3 is 0 Å². The van der Waals surface area contributed by atoms with Gasteiger partial charge in [-0.15, -0.1) is 0 Å². The standard InChI is InChI=1S/C16H16Cl2N2O3S/c1-2-6-19-24(22,23)15-5-3-4-11(7-15)16(21)20-14-9-12(17)8-13(18)10-14/h3-5,7-10,19H,2,6H2,1H3,(H,20,21). The molecule has 0 aliphatic carbocycles. The molecule has 2 aromatic carbocycles. The molecule has 128 valence electrons. The average Bonchev–Trinajstić information content (AvgIpc) is 2.52. The van der Waals surface area contributed by atoms with Crippen molar-refractivity contribution in [2.45, 2.75) is 18.2 Å². The molecule has 24 heavy (non-hydrogen) atoms. The van der Waals surface area contributed by atoms with E-state index in [0.717, 1.165) is 0 Å². The van der Waals surface area contributed by atoms with Gasteiger partial charge in [0.2, 0.25) is 10.0 Å². The number of halogens is 2. The number of carbonyl (C=O) groups excluding carboxylic acids is 1. The highest BCUT2D eigenvalue weighted by atomic mass is 35.5. The molecule has 1 amide bonds. The normalized spacial score (nSPS) is 11.3.